The number of urea groups is 1. The molecule has 0 aromatic carbocycles. The van der Waals surface area contributed by atoms with Crippen LogP contribution in [-0.4, -0.2) is 23.7 Å². The Morgan fingerprint density at radius 1 is 1.35 bits per heavy atom. The van der Waals surface area contributed by atoms with E-state index in [1.807, 2.05) is 0 Å². The first-order valence-corrected chi connectivity index (χ1v) is 8.23. The first kappa shape index (κ1) is 12.6. The minimum Gasteiger partial charge on any atom is -0.375 e. The van der Waals surface area contributed by atoms with Crippen molar-refractivity contribution in [2.75, 3.05) is 11.9 Å². The van der Waals surface area contributed by atoms with E-state index in [2.05, 4.69) is 15.6 Å². The highest BCUT2D eigenvalue weighted by atomic mass is 32.1. The highest BCUT2D eigenvalue weighted by molar-refractivity contribution is 7.15. The minimum absolute atomic E-state index is 0.102. The number of fused-ring (bicyclic) bond motifs is 3. The van der Waals surface area contributed by atoms with Crippen molar-refractivity contribution in [3.8, 4) is 0 Å². The molecule has 2 amide bonds. The lowest BCUT2D eigenvalue weighted by Crippen LogP contribution is -2.40. The molecular weight excluding hydrogens is 274 g/mol. The van der Waals surface area contributed by atoms with Crippen molar-refractivity contribution in [1.82, 2.24) is 10.3 Å². The van der Waals surface area contributed by atoms with Gasteiger partial charge in [0.15, 0.2) is 5.13 Å². The molecule has 1 aliphatic heterocycles. The third-order valence-electron chi connectivity index (χ3n) is 4.77. The third-order valence-corrected chi connectivity index (χ3v) is 5.76. The number of amides is 2. The number of carbonyl (C=O) groups excluding carboxylic acids is 1. The Labute approximate surface area is 122 Å². The number of thiazole rings is 1. The predicted molar refractivity (Wildman–Crippen MR) is 76.9 cm³/mol. The van der Waals surface area contributed by atoms with Crippen LogP contribution in [0.3, 0.4) is 0 Å². The van der Waals surface area contributed by atoms with Crippen LogP contribution >= 0.6 is 11.3 Å². The van der Waals surface area contributed by atoms with Crippen molar-refractivity contribution in [2.24, 2.45) is 11.8 Å². The van der Waals surface area contributed by atoms with Crippen molar-refractivity contribution in [3.05, 3.63) is 10.6 Å². The molecule has 108 valence electrons. The largest absolute Gasteiger partial charge is 0.375 e. The molecule has 4 rings (SSSR count). The van der Waals surface area contributed by atoms with E-state index in [9.17, 15) is 4.79 Å². The maximum Gasteiger partial charge on any atom is 0.321 e. The molecule has 2 saturated carbocycles. The summed E-state index contributed by atoms with van der Waals surface area (Å²) in [6, 6.07) is 0.265. The summed E-state index contributed by atoms with van der Waals surface area (Å²) in [5.41, 5.74) is 1.08. The van der Waals surface area contributed by atoms with Crippen LogP contribution in [0.2, 0.25) is 0 Å². The molecule has 2 N–H and O–H groups in total. The summed E-state index contributed by atoms with van der Waals surface area (Å²) in [6.07, 6.45) is 5.93. The van der Waals surface area contributed by atoms with Crippen molar-refractivity contribution in [2.45, 2.75) is 44.8 Å². The van der Waals surface area contributed by atoms with Crippen LogP contribution in [0.15, 0.2) is 0 Å². The number of hydrogen-bond donors (Lipinski definition) is 2. The average Bonchev–Trinajstić information content (AvgIpc) is 3.11. The van der Waals surface area contributed by atoms with E-state index in [-0.39, 0.29) is 6.03 Å². The van der Waals surface area contributed by atoms with E-state index in [0.29, 0.717) is 23.7 Å². The molecule has 6 heteroatoms. The normalized spacial score (nSPS) is 31.1. The van der Waals surface area contributed by atoms with Gasteiger partial charge in [0.1, 0.15) is 0 Å². The molecule has 2 aliphatic carbocycles. The molecule has 20 heavy (non-hydrogen) atoms. The van der Waals surface area contributed by atoms with Crippen LogP contribution in [0, 0.1) is 11.8 Å². The zero-order valence-electron chi connectivity index (χ0n) is 11.4. The van der Waals surface area contributed by atoms with Crippen LogP contribution in [0.5, 0.6) is 0 Å². The number of aromatic nitrogens is 1. The van der Waals surface area contributed by atoms with Gasteiger partial charge >= 0.3 is 6.03 Å². The Balaban J connectivity index is 1.36. The second-order valence-corrected chi connectivity index (χ2v) is 7.15. The van der Waals surface area contributed by atoms with Crippen molar-refractivity contribution in [1.29, 1.82) is 0 Å². The molecule has 3 atom stereocenters. The van der Waals surface area contributed by atoms with Crippen molar-refractivity contribution >= 4 is 22.5 Å². The fourth-order valence-corrected chi connectivity index (χ4v) is 4.74. The first-order chi connectivity index (χ1) is 9.78. The maximum atomic E-state index is 12.1. The van der Waals surface area contributed by atoms with E-state index < -0.39 is 0 Å². The van der Waals surface area contributed by atoms with Gasteiger partial charge in [-0.3, -0.25) is 5.32 Å². The lowest BCUT2D eigenvalue weighted by molar-refractivity contribution is 0.112. The van der Waals surface area contributed by atoms with Gasteiger partial charge in [-0.25, -0.2) is 9.78 Å². The summed E-state index contributed by atoms with van der Waals surface area (Å²) < 4.78 is 5.40. The zero-order valence-corrected chi connectivity index (χ0v) is 12.2. The van der Waals surface area contributed by atoms with Crippen LogP contribution in [0.1, 0.15) is 36.3 Å². The highest BCUT2D eigenvalue weighted by Crippen LogP contribution is 2.44. The van der Waals surface area contributed by atoms with Gasteiger partial charge in [-0.1, -0.05) is 17.8 Å². The fraction of sp³-hybridized carbons (Fsp3) is 0.714. The van der Waals surface area contributed by atoms with Gasteiger partial charge in [0.05, 0.1) is 23.8 Å². The Hall–Kier alpha value is -1.14. The molecule has 3 aliphatic rings. The molecule has 1 aromatic rings. The number of carbonyl (C=O) groups is 1. The summed E-state index contributed by atoms with van der Waals surface area (Å²) in [7, 11) is 0. The summed E-state index contributed by atoms with van der Waals surface area (Å²) >= 11 is 1.53. The molecule has 0 unspecified atom stereocenters. The van der Waals surface area contributed by atoms with Crippen LogP contribution in [0.4, 0.5) is 9.93 Å². The second-order valence-electron chi connectivity index (χ2n) is 6.07. The van der Waals surface area contributed by atoms with E-state index >= 15 is 0 Å². The van der Waals surface area contributed by atoms with Crippen molar-refractivity contribution < 1.29 is 9.53 Å². The molecular formula is C14H19N3O2S. The molecule has 0 spiro atoms. The van der Waals surface area contributed by atoms with Gasteiger partial charge in [0, 0.05) is 12.5 Å². The monoisotopic (exact) mass is 293 g/mol. The number of anilines is 1. The molecule has 0 saturated heterocycles. The Bertz CT molecular complexity index is 507. The predicted octanol–water partition coefficient (Wildman–Crippen LogP) is 2.53. The van der Waals surface area contributed by atoms with Crippen molar-refractivity contribution in [3.63, 3.8) is 0 Å². The second kappa shape index (κ2) is 5.00. The van der Waals surface area contributed by atoms with E-state index in [4.69, 9.17) is 4.74 Å². The van der Waals surface area contributed by atoms with Gasteiger partial charge in [-0.15, -0.1) is 0 Å². The molecule has 2 heterocycles. The number of hydrogen-bond acceptors (Lipinski definition) is 4. The van der Waals surface area contributed by atoms with E-state index in [1.165, 1.54) is 30.6 Å². The van der Waals surface area contributed by atoms with E-state index in [1.54, 1.807) is 0 Å². The Morgan fingerprint density at radius 3 is 3.05 bits per heavy atom. The Morgan fingerprint density at radius 2 is 2.30 bits per heavy atom. The SMILES string of the molecule is O=C(Nc1nc2c(s1)COCC2)N[C@@H]1C[C@H]2CC[C@H]1C2. The van der Waals surface area contributed by atoms with E-state index in [0.717, 1.165) is 35.9 Å². The first-order valence-electron chi connectivity index (χ1n) is 7.42. The quantitative estimate of drug-likeness (QED) is 0.880. The minimum atomic E-state index is -0.102. The third kappa shape index (κ3) is 2.31. The van der Waals surface area contributed by atoms with Gasteiger partial charge in [0.25, 0.3) is 0 Å². The summed E-state index contributed by atoms with van der Waals surface area (Å²) in [6.45, 7) is 1.36. The maximum absolute atomic E-state index is 12.1. The topological polar surface area (TPSA) is 63.2 Å². The lowest BCUT2D eigenvalue weighted by atomic mass is 9.95. The van der Waals surface area contributed by atoms with Gasteiger partial charge in [-0.05, 0) is 31.1 Å². The number of nitrogens with one attached hydrogen (secondary N) is 2. The number of ether oxygens (including phenoxy) is 1. The standard InChI is InChI=1S/C14H19N3O2S/c18-13(15-11-6-8-1-2-9(11)5-8)17-14-16-10-3-4-19-7-12(10)20-14/h8-9,11H,1-7H2,(H2,15,16,17,18)/t8-,9-,11+/m0/s1. The molecule has 0 radical (unpaired) electrons. The zero-order chi connectivity index (χ0) is 13.5. The molecule has 1 aromatic heterocycles. The highest BCUT2D eigenvalue weighted by Gasteiger charge is 2.40. The number of rotatable bonds is 2. The fourth-order valence-electron chi connectivity index (χ4n) is 3.80. The average molecular weight is 293 g/mol. The smallest absolute Gasteiger partial charge is 0.321 e. The summed E-state index contributed by atoms with van der Waals surface area (Å²) in [5, 5.41) is 6.71. The van der Waals surface area contributed by atoms with Gasteiger partial charge < -0.3 is 10.1 Å². The van der Waals surface area contributed by atoms with Crippen LogP contribution in [-0.2, 0) is 17.8 Å². The summed E-state index contributed by atoms with van der Waals surface area (Å²) in [4.78, 5) is 17.7. The molecule has 2 fully saturated rings. The lowest BCUT2D eigenvalue weighted by Gasteiger charge is -2.22. The van der Waals surface area contributed by atoms with Crippen LogP contribution in [0.25, 0.3) is 0 Å². The molecule has 5 nitrogen and oxygen atoms in total. The number of nitrogens with zero attached hydrogens (tertiary/aromatic N) is 1. The van der Waals surface area contributed by atoms with Crippen LogP contribution < -0.4 is 10.6 Å². The Kier molecular flexibility index (Phi) is 3.15. The molecule has 2 bridgehead atoms. The summed E-state index contributed by atoms with van der Waals surface area (Å²) in [5.74, 6) is 1.54. The van der Waals surface area contributed by atoms with Gasteiger partial charge in [0.2, 0.25) is 0 Å². The van der Waals surface area contributed by atoms with Gasteiger partial charge in [-0.2, -0.15) is 0 Å².